The fourth-order valence-corrected chi connectivity index (χ4v) is 3.91. The Hall–Kier alpha value is -2.34. The highest BCUT2D eigenvalue weighted by Gasteiger charge is 2.50. The third-order valence-corrected chi connectivity index (χ3v) is 5.31. The Morgan fingerprint density at radius 1 is 1.13 bits per heavy atom. The standard InChI is InChI=1S/C25H37NO5/c1-8-29-23(27)20(18(4)5)15-22-21(14-17(2)3)26(25(6,7)31-22)24(28)30-16-19-12-10-9-11-13-19/h9-13,15,17-18,21-22H,8,14,16H2,1-7H3/b20-15+/t21-,22-/m0/s1. The molecular formula is C25H37NO5. The van der Waals surface area contributed by atoms with Crippen LogP contribution in [-0.4, -0.2) is 41.4 Å². The Bertz CT molecular complexity index is 769. The van der Waals surface area contributed by atoms with Crippen molar-refractivity contribution in [3.8, 4) is 0 Å². The van der Waals surface area contributed by atoms with Crippen molar-refractivity contribution in [1.82, 2.24) is 4.90 Å². The first-order valence-corrected chi connectivity index (χ1v) is 11.1. The quantitative estimate of drug-likeness (QED) is 0.412. The average molecular weight is 432 g/mol. The van der Waals surface area contributed by atoms with Gasteiger partial charge in [-0.25, -0.2) is 9.59 Å². The molecule has 1 fully saturated rings. The maximum Gasteiger partial charge on any atom is 0.412 e. The summed E-state index contributed by atoms with van der Waals surface area (Å²) in [5.41, 5.74) is 0.622. The number of nitrogens with zero attached hydrogens (tertiary/aromatic N) is 1. The van der Waals surface area contributed by atoms with Gasteiger partial charge in [-0.15, -0.1) is 0 Å². The van der Waals surface area contributed by atoms with Gasteiger partial charge < -0.3 is 14.2 Å². The Balaban J connectivity index is 2.31. The van der Waals surface area contributed by atoms with E-state index in [1.165, 1.54) is 0 Å². The van der Waals surface area contributed by atoms with Gasteiger partial charge in [0.05, 0.1) is 18.8 Å². The molecule has 1 saturated heterocycles. The normalized spacial score (nSPS) is 20.9. The van der Waals surface area contributed by atoms with Crippen LogP contribution in [0.15, 0.2) is 42.0 Å². The lowest BCUT2D eigenvalue weighted by Gasteiger charge is -2.33. The summed E-state index contributed by atoms with van der Waals surface area (Å²) in [7, 11) is 0. The second-order valence-corrected chi connectivity index (χ2v) is 9.13. The number of carbonyl (C=O) groups excluding carboxylic acids is 2. The lowest BCUT2D eigenvalue weighted by molar-refractivity contribution is -0.139. The van der Waals surface area contributed by atoms with Crippen molar-refractivity contribution in [2.24, 2.45) is 11.8 Å². The maximum atomic E-state index is 13.1. The molecule has 6 heteroatoms. The molecule has 1 amide bonds. The smallest absolute Gasteiger partial charge is 0.412 e. The molecule has 0 saturated carbocycles. The number of amides is 1. The van der Waals surface area contributed by atoms with E-state index in [1.807, 2.05) is 64.1 Å². The van der Waals surface area contributed by atoms with Crippen LogP contribution in [0.3, 0.4) is 0 Å². The number of carbonyl (C=O) groups is 2. The van der Waals surface area contributed by atoms with Gasteiger partial charge in [-0.3, -0.25) is 4.90 Å². The van der Waals surface area contributed by atoms with E-state index in [1.54, 1.807) is 11.8 Å². The minimum absolute atomic E-state index is 0.0236. The Labute approximate surface area is 186 Å². The highest BCUT2D eigenvalue weighted by molar-refractivity contribution is 5.89. The van der Waals surface area contributed by atoms with Crippen LogP contribution in [0.1, 0.15) is 60.5 Å². The molecule has 6 nitrogen and oxygen atoms in total. The van der Waals surface area contributed by atoms with Crippen LogP contribution in [0.2, 0.25) is 0 Å². The van der Waals surface area contributed by atoms with Crippen molar-refractivity contribution in [3.63, 3.8) is 0 Å². The third kappa shape index (κ3) is 6.57. The summed E-state index contributed by atoms with van der Waals surface area (Å²) in [6.07, 6.45) is 1.71. The molecule has 0 N–H and O–H groups in total. The van der Waals surface area contributed by atoms with Gasteiger partial charge in [0.1, 0.15) is 12.3 Å². The van der Waals surface area contributed by atoms with E-state index < -0.39 is 17.9 Å². The lowest BCUT2D eigenvalue weighted by Crippen LogP contribution is -2.49. The van der Waals surface area contributed by atoms with Crippen LogP contribution in [0, 0.1) is 11.8 Å². The van der Waals surface area contributed by atoms with Gasteiger partial charge >= 0.3 is 12.1 Å². The molecule has 0 aromatic heterocycles. The number of rotatable bonds is 8. The summed E-state index contributed by atoms with van der Waals surface area (Å²) in [5.74, 6) is -0.0373. The van der Waals surface area contributed by atoms with Crippen molar-refractivity contribution >= 4 is 12.1 Å². The molecule has 1 aromatic carbocycles. The summed E-state index contributed by atoms with van der Waals surface area (Å²) in [4.78, 5) is 27.3. The van der Waals surface area contributed by atoms with Gasteiger partial charge in [0.2, 0.25) is 0 Å². The highest BCUT2D eigenvalue weighted by Crippen LogP contribution is 2.37. The van der Waals surface area contributed by atoms with Crippen LogP contribution in [0.5, 0.6) is 0 Å². The molecule has 1 aromatic rings. The van der Waals surface area contributed by atoms with E-state index in [-0.39, 0.29) is 24.5 Å². The zero-order valence-corrected chi connectivity index (χ0v) is 19.9. The average Bonchev–Trinajstić information content (AvgIpc) is 2.93. The van der Waals surface area contributed by atoms with Gasteiger partial charge in [-0.2, -0.15) is 0 Å². The van der Waals surface area contributed by atoms with Crippen LogP contribution in [-0.2, 0) is 25.6 Å². The molecule has 0 bridgehead atoms. The van der Waals surface area contributed by atoms with E-state index in [2.05, 4.69) is 13.8 Å². The predicted octanol–water partition coefficient (Wildman–Crippen LogP) is 5.32. The zero-order chi connectivity index (χ0) is 23.2. The van der Waals surface area contributed by atoms with E-state index in [0.717, 1.165) is 12.0 Å². The molecule has 1 aliphatic rings. The second-order valence-electron chi connectivity index (χ2n) is 9.13. The molecule has 0 aliphatic carbocycles. The van der Waals surface area contributed by atoms with Crippen LogP contribution >= 0.6 is 0 Å². The summed E-state index contributed by atoms with van der Waals surface area (Å²) in [6, 6.07) is 9.35. The van der Waals surface area contributed by atoms with E-state index in [9.17, 15) is 9.59 Å². The Morgan fingerprint density at radius 3 is 2.32 bits per heavy atom. The van der Waals surface area contributed by atoms with E-state index in [4.69, 9.17) is 14.2 Å². The number of benzene rings is 1. The summed E-state index contributed by atoms with van der Waals surface area (Å²) in [6.45, 7) is 14.1. The van der Waals surface area contributed by atoms with Crippen LogP contribution in [0.4, 0.5) is 4.79 Å². The van der Waals surface area contributed by atoms with Gasteiger partial charge in [-0.1, -0.05) is 58.0 Å². The lowest BCUT2D eigenvalue weighted by atomic mass is 9.94. The van der Waals surface area contributed by atoms with Crippen LogP contribution < -0.4 is 0 Å². The first-order valence-electron chi connectivity index (χ1n) is 11.1. The fraction of sp³-hybridized carbons (Fsp3) is 0.600. The summed E-state index contributed by atoms with van der Waals surface area (Å²) in [5, 5.41) is 0. The second kappa shape index (κ2) is 10.8. The van der Waals surface area contributed by atoms with Crippen molar-refractivity contribution in [2.75, 3.05) is 6.61 Å². The predicted molar refractivity (Wildman–Crippen MR) is 120 cm³/mol. The molecule has 0 unspecified atom stereocenters. The van der Waals surface area contributed by atoms with Gasteiger partial charge in [0.25, 0.3) is 0 Å². The first kappa shape index (κ1) is 24.9. The first-order chi connectivity index (χ1) is 14.6. The SMILES string of the molecule is CCOC(=O)/C(=C/[C@@H]1OC(C)(C)N(C(=O)OCc2ccccc2)[C@H]1CC(C)C)C(C)C. The van der Waals surface area contributed by atoms with Crippen molar-refractivity contribution in [2.45, 2.75) is 79.4 Å². The number of hydrogen-bond acceptors (Lipinski definition) is 5. The van der Waals surface area contributed by atoms with Gasteiger partial charge in [-0.05, 0) is 50.7 Å². The molecule has 0 spiro atoms. The summed E-state index contributed by atoms with van der Waals surface area (Å²) < 4.78 is 17.2. The van der Waals surface area contributed by atoms with E-state index >= 15 is 0 Å². The van der Waals surface area contributed by atoms with Crippen molar-refractivity contribution in [3.05, 3.63) is 47.5 Å². The number of esters is 1. The number of ether oxygens (including phenoxy) is 3. The van der Waals surface area contributed by atoms with Crippen molar-refractivity contribution in [1.29, 1.82) is 0 Å². The maximum absolute atomic E-state index is 13.1. The van der Waals surface area contributed by atoms with Crippen molar-refractivity contribution < 1.29 is 23.8 Å². The van der Waals surface area contributed by atoms with Crippen LogP contribution in [0.25, 0.3) is 0 Å². The third-order valence-electron chi connectivity index (χ3n) is 5.31. The Kier molecular flexibility index (Phi) is 8.69. The molecule has 172 valence electrons. The topological polar surface area (TPSA) is 65.1 Å². The summed E-state index contributed by atoms with van der Waals surface area (Å²) >= 11 is 0. The minimum Gasteiger partial charge on any atom is -0.463 e. The molecule has 31 heavy (non-hydrogen) atoms. The monoisotopic (exact) mass is 431 g/mol. The number of hydrogen-bond donors (Lipinski definition) is 0. The highest BCUT2D eigenvalue weighted by atomic mass is 16.6. The minimum atomic E-state index is -0.870. The molecule has 0 radical (unpaired) electrons. The zero-order valence-electron chi connectivity index (χ0n) is 19.9. The molecule has 1 heterocycles. The molecule has 2 rings (SSSR count). The van der Waals surface area contributed by atoms with E-state index in [0.29, 0.717) is 18.1 Å². The fourth-order valence-electron chi connectivity index (χ4n) is 3.91. The molecule has 2 atom stereocenters. The van der Waals surface area contributed by atoms with Gasteiger partial charge in [0.15, 0.2) is 0 Å². The molecular weight excluding hydrogens is 394 g/mol. The molecule has 1 aliphatic heterocycles. The Morgan fingerprint density at radius 2 is 1.77 bits per heavy atom. The van der Waals surface area contributed by atoms with Gasteiger partial charge in [0, 0.05) is 5.57 Å². The largest absolute Gasteiger partial charge is 0.463 e.